The van der Waals surface area contributed by atoms with Crippen molar-refractivity contribution in [2.24, 2.45) is 11.7 Å². The predicted octanol–water partition coefficient (Wildman–Crippen LogP) is 0.640. The molecule has 0 aromatic heterocycles. The molecule has 1 rings (SSSR count). The van der Waals surface area contributed by atoms with Gasteiger partial charge >= 0.3 is 0 Å². The van der Waals surface area contributed by atoms with Crippen LogP contribution >= 0.6 is 0 Å². The summed E-state index contributed by atoms with van der Waals surface area (Å²) in [5.74, 6) is 0.445. The van der Waals surface area contributed by atoms with Gasteiger partial charge in [0.2, 0.25) is 5.91 Å². The molecule has 1 saturated carbocycles. The third kappa shape index (κ3) is 2.81. The molecule has 0 saturated heterocycles. The summed E-state index contributed by atoms with van der Waals surface area (Å²) < 4.78 is 0. The minimum atomic E-state index is 0.116. The minimum Gasteiger partial charge on any atom is -0.351 e. The van der Waals surface area contributed by atoms with E-state index in [1.54, 1.807) is 0 Å². The summed E-state index contributed by atoms with van der Waals surface area (Å²) in [5, 5.41) is 3.00. The number of nitrogens with two attached hydrogens (primary N) is 1. The highest BCUT2D eigenvalue weighted by Gasteiger charge is 2.38. The highest BCUT2D eigenvalue weighted by Crippen LogP contribution is 2.34. The van der Waals surface area contributed by atoms with Crippen LogP contribution in [0.5, 0.6) is 0 Å². The van der Waals surface area contributed by atoms with Crippen LogP contribution in [0.4, 0.5) is 0 Å². The average Bonchev–Trinajstić information content (AvgIpc) is 2.67. The van der Waals surface area contributed by atoms with E-state index in [1.165, 1.54) is 0 Å². The van der Waals surface area contributed by atoms with Crippen LogP contribution in [-0.2, 0) is 4.79 Å². The smallest absolute Gasteiger partial charge is 0.220 e. The van der Waals surface area contributed by atoms with Crippen LogP contribution in [0.1, 0.15) is 33.1 Å². The molecule has 12 heavy (non-hydrogen) atoms. The Morgan fingerprint density at radius 3 is 2.67 bits per heavy atom. The topological polar surface area (TPSA) is 55.1 Å². The summed E-state index contributed by atoms with van der Waals surface area (Å²) in [6.07, 6.45) is 2.80. The normalized spacial score (nSPS) is 21.6. The van der Waals surface area contributed by atoms with Crippen molar-refractivity contribution in [2.45, 2.75) is 38.6 Å². The molecule has 3 nitrogen and oxygen atoms in total. The molecule has 1 atom stereocenters. The Morgan fingerprint density at radius 1 is 1.67 bits per heavy atom. The lowest BCUT2D eigenvalue weighted by atomic mass is 10.1. The van der Waals surface area contributed by atoms with Crippen molar-refractivity contribution < 1.29 is 4.79 Å². The first-order valence-electron chi connectivity index (χ1n) is 4.57. The number of rotatable bonds is 4. The summed E-state index contributed by atoms with van der Waals surface area (Å²) in [4.78, 5) is 11.3. The van der Waals surface area contributed by atoms with E-state index >= 15 is 0 Å². The van der Waals surface area contributed by atoms with Gasteiger partial charge in [-0.3, -0.25) is 4.79 Å². The van der Waals surface area contributed by atoms with Crippen LogP contribution in [0.15, 0.2) is 0 Å². The molecule has 1 unspecified atom stereocenters. The van der Waals surface area contributed by atoms with Crippen molar-refractivity contribution in [3.05, 3.63) is 0 Å². The SMILES string of the molecule is CC(CN)CC(=O)NC1(C)CC1. The van der Waals surface area contributed by atoms with Gasteiger partial charge in [0.25, 0.3) is 0 Å². The molecule has 1 fully saturated rings. The largest absolute Gasteiger partial charge is 0.351 e. The van der Waals surface area contributed by atoms with Crippen LogP contribution in [0.25, 0.3) is 0 Å². The van der Waals surface area contributed by atoms with Crippen LogP contribution in [0.3, 0.4) is 0 Å². The van der Waals surface area contributed by atoms with Gasteiger partial charge in [-0.05, 0) is 32.2 Å². The minimum absolute atomic E-state index is 0.116. The van der Waals surface area contributed by atoms with Crippen LogP contribution in [-0.4, -0.2) is 18.0 Å². The van der Waals surface area contributed by atoms with Crippen LogP contribution < -0.4 is 11.1 Å². The summed E-state index contributed by atoms with van der Waals surface area (Å²) >= 11 is 0. The summed E-state index contributed by atoms with van der Waals surface area (Å²) in [7, 11) is 0. The van der Waals surface area contributed by atoms with Gasteiger partial charge in [-0.25, -0.2) is 0 Å². The van der Waals surface area contributed by atoms with Crippen LogP contribution in [0.2, 0.25) is 0 Å². The lowest BCUT2D eigenvalue weighted by Gasteiger charge is -2.13. The molecule has 1 amide bonds. The predicted molar refractivity (Wildman–Crippen MR) is 48.6 cm³/mol. The molecule has 0 spiro atoms. The van der Waals surface area contributed by atoms with E-state index in [9.17, 15) is 4.79 Å². The molecule has 1 aliphatic carbocycles. The second kappa shape index (κ2) is 3.44. The summed E-state index contributed by atoms with van der Waals surface area (Å²) in [6, 6.07) is 0. The van der Waals surface area contributed by atoms with E-state index in [1.807, 2.05) is 6.92 Å². The molecule has 0 aromatic rings. The van der Waals surface area contributed by atoms with E-state index in [0.717, 1.165) is 12.8 Å². The zero-order valence-corrected chi connectivity index (χ0v) is 7.89. The third-order valence-electron chi connectivity index (χ3n) is 2.38. The zero-order valence-electron chi connectivity index (χ0n) is 7.89. The number of hydrogen-bond acceptors (Lipinski definition) is 2. The van der Waals surface area contributed by atoms with Gasteiger partial charge in [0.15, 0.2) is 0 Å². The van der Waals surface area contributed by atoms with E-state index in [-0.39, 0.29) is 11.4 Å². The van der Waals surface area contributed by atoms with Gasteiger partial charge in [-0.15, -0.1) is 0 Å². The van der Waals surface area contributed by atoms with Gasteiger partial charge in [0, 0.05) is 12.0 Å². The number of nitrogens with one attached hydrogen (secondary N) is 1. The van der Waals surface area contributed by atoms with Crippen molar-refractivity contribution in [1.82, 2.24) is 5.32 Å². The lowest BCUT2D eigenvalue weighted by Crippen LogP contribution is -2.35. The highest BCUT2D eigenvalue weighted by atomic mass is 16.1. The second-order valence-electron chi connectivity index (χ2n) is 4.15. The Morgan fingerprint density at radius 2 is 2.25 bits per heavy atom. The Kier molecular flexibility index (Phi) is 2.73. The summed E-state index contributed by atoms with van der Waals surface area (Å²) in [6.45, 7) is 4.66. The van der Waals surface area contributed by atoms with Crippen molar-refractivity contribution in [2.75, 3.05) is 6.54 Å². The Bertz CT molecular complexity index is 175. The molecule has 1 aliphatic rings. The lowest BCUT2D eigenvalue weighted by molar-refractivity contribution is -0.122. The standard InChI is InChI=1S/C9H18N2O/c1-7(6-10)5-8(12)11-9(2)3-4-9/h7H,3-6,10H2,1-2H3,(H,11,12). The Hall–Kier alpha value is -0.570. The number of carbonyl (C=O) groups excluding carboxylic acids is 1. The third-order valence-corrected chi connectivity index (χ3v) is 2.38. The zero-order chi connectivity index (χ0) is 9.19. The van der Waals surface area contributed by atoms with E-state index < -0.39 is 0 Å². The molecule has 3 heteroatoms. The molecule has 0 radical (unpaired) electrons. The van der Waals surface area contributed by atoms with Gasteiger partial charge < -0.3 is 11.1 Å². The first-order chi connectivity index (χ1) is 5.56. The molecule has 70 valence electrons. The van der Waals surface area contributed by atoms with E-state index in [2.05, 4.69) is 12.2 Å². The molecule has 0 bridgehead atoms. The van der Waals surface area contributed by atoms with Crippen molar-refractivity contribution in [3.63, 3.8) is 0 Å². The molecule has 0 heterocycles. The summed E-state index contributed by atoms with van der Waals surface area (Å²) in [5.41, 5.74) is 5.54. The fraction of sp³-hybridized carbons (Fsp3) is 0.889. The van der Waals surface area contributed by atoms with E-state index in [4.69, 9.17) is 5.73 Å². The maximum absolute atomic E-state index is 11.3. The van der Waals surface area contributed by atoms with Gasteiger partial charge in [-0.1, -0.05) is 6.92 Å². The van der Waals surface area contributed by atoms with E-state index in [0.29, 0.717) is 18.9 Å². The Labute approximate surface area is 73.7 Å². The second-order valence-corrected chi connectivity index (χ2v) is 4.15. The number of hydrogen-bond donors (Lipinski definition) is 2. The number of carbonyl (C=O) groups is 1. The molecule has 0 aliphatic heterocycles. The maximum atomic E-state index is 11.3. The maximum Gasteiger partial charge on any atom is 0.220 e. The van der Waals surface area contributed by atoms with Crippen LogP contribution in [0, 0.1) is 5.92 Å². The molecule has 3 N–H and O–H groups in total. The Balaban J connectivity index is 2.20. The van der Waals surface area contributed by atoms with Gasteiger partial charge in [0.1, 0.15) is 0 Å². The monoisotopic (exact) mass is 170 g/mol. The van der Waals surface area contributed by atoms with Crippen molar-refractivity contribution in [1.29, 1.82) is 0 Å². The first-order valence-corrected chi connectivity index (χ1v) is 4.57. The quantitative estimate of drug-likeness (QED) is 0.650. The first kappa shape index (κ1) is 9.52. The number of amides is 1. The van der Waals surface area contributed by atoms with Crippen molar-refractivity contribution in [3.8, 4) is 0 Å². The van der Waals surface area contributed by atoms with Gasteiger partial charge in [0.05, 0.1) is 0 Å². The average molecular weight is 170 g/mol. The molecular formula is C9H18N2O. The van der Waals surface area contributed by atoms with Gasteiger partial charge in [-0.2, -0.15) is 0 Å². The van der Waals surface area contributed by atoms with Crippen molar-refractivity contribution >= 4 is 5.91 Å². The highest BCUT2D eigenvalue weighted by molar-refractivity contribution is 5.77. The molecule has 0 aromatic carbocycles. The fourth-order valence-corrected chi connectivity index (χ4v) is 1.10. The fourth-order valence-electron chi connectivity index (χ4n) is 1.10. The molecular weight excluding hydrogens is 152 g/mol.